The van der Waals surface area contributed by atoms with Gasteiger partial charge in [-0.1, -0.05) is 12.1 Å². The van der Waals surface area contributed by atoms with Gasteiger partial charge in [0.15, 0.2) is 5.76 Å². The third-order valence-electron chi connectivity index (χ3n) is 4.12. The first-order chi connectivity index (χ1) is 12.9. The molecule has 0 atom stereocenters. The summed E-state index contributed by atoms with van der Waals surface area (Å²) in [6.45, 7) is 3.96. The van der Waals surface area contributed by atoms with Crippen molar-refractivity contribution in [3.63, 3.8) is 0 Å². The third kappa shape index (κ3) is 3.11. The van der Waals surface area contributed by atoms with E-state index in [-0.39, 0.29) is 5.76 Å². The Morgan fingerprint density at radius 2 is 1.96 bits per heavy atom. The number of hydrogen-bond donors (Lipinski definition) is 1. The molecule has 0 aliphatic carbocycles. The van der Waals surface area contributed by atoms with Gasteiger partial charge in [0, 0.05) is 10.4 Å². The standard InChI is InChI=1S/C18H13N3O4S2/c1-9-10(2)26-18(20-16(22)12-7-8-14(25-12)21(23)24)15(9)17-19-11-5-3-4-6-13(11)27-17/h3-8H,1-2H3,(H,20,22). The molecule has 0 aliphatic heterocycles. The van der Waals surface area contributed by atoms with Gasteiger partial charge in [0.25, 0.3) is 5.91 Å². The largest absolute Gasteiger partial charge is 0.433 e. The number of aromatic nitrogens is 1. The fourth-order valence-electron chi connectivity index (χ4n) is 2.66. The van der Waals surface area contributed by atoms with Gasteiger partial charge in [0.2, 0.25) is 0 Å². The Morgan fingerprint density at radius 1 is 1.19 bits per heavy atom. The molecule has 0 aliphatic rings. The maximum Gasteiger partial charge on any atom is 0.433 e. The Morgan fingerprint density at radius 3 is 2.67 bits per heavy atom. The maximum atomic E-state index is 12.5. The van der Waals surface area contributed by atoms with Crippen molar-refractivity contribution >= 4 is 49.7 Å². The number of anilines is 1. The lowest BCUT2D eigenvalue weighted by Gasteiger charge is -2.03. The second kappa shape index (κ2) is 6.60. The summed E-state index contributed by atoms with van der Waals surface area (Å²) in [4.78, 5) is 28.3. The first kappa shape index (κ1) is 17.4. The molecule has 0 unspecified atom stereocenters. The molecule has 7 nitrogen and oxygen atoms in total. The summed E-state index contributed by atoms with van der Waals surface area (Å²) < 4.78 is 6.05. The van der Waals surface area contributed by atoms with Gasteiger partial charge in [0.1, 0.15) is 14.9 Å². The second-order valence-electron chi connectivity index (χ2n) is 5.82. The second-order valence-corrected chi connectivity index (χ2v) is 8.08. The highest BCUT2D eigenvalue weighted by Gasteiger charge is 2.22. The molecule has 4 rings (SSSR count). The number of amides is 1. The van der Waals surface area contributed by atoms with E-state index in [1.807, 2.05) is 38.1 Å². The molecule has 1 amide bonds. The summed E-state index contributed by atoms with van der Waals surface area (Å²) in [6.07, 6.45) is 0. The number of nitrogens with one attached hydrogen (secondary N) is 1. The van der Waals surface area contributed by atoms with Gasteiger partial charge in [-0.25, -0.2) is 4.98 Å². The van der Waals surface area contributed by atoms with Crippen LogP contribution >= 0.6 is 22.7 Å². The molecule has 27 heavy (non-hydrogen) atoms. The van der Waals surface area contributed by atoms with Crippen LogP contribution in [0.15, 0.2) is 40.8 Å². The number of para-hydroxylation sites is 1. The van der Waals surface area contributed by atoms with Crippen molar-refractivity contribution in [1.82, 2.24) is 4.98 Å². The Hall–Kier alpha value is -3.04. The van der Waals surface area contributed by atoms with Crippen LogP contribution in [0.1, 0.15) is 21.0 Å². The Kier molecular flexibility index (Phi) is 4.25. The van der Waals surface area contributed by atoms with Crippen LogP contribution in [0.3, 0.4) is 0 Å². The number of thiazole rings is 1. The Bertz CT molecular complexity index is 1160. The summed E-state index contributed by atoms with van der Waals surface area (Å²) in [5.74, 6) is -1.11. The van der Waals surface area contributed by atoms with Gasteiger partial charge in [-0.15, -0.1) is 22.7 Å². The predicted molar refractivity (Wildman–Crippen MR) is 106 cm³/mol. The minimum Gasteiger partial charge on any atom is -0.395 e. The van der Waals surface area contributed by atoms with Crippen molar-refractivity contribution in [3.8, 4) is 10.6 Å². The molecule has 0 spiro atoms. The van der Waals surface area contributed by atoms with Crippen molar-refractivity contribution in [2.24, 2.45) is 0 Å². The van der Waals surface area contributed by atoms with Crippen LogP contribution < -0.4 is 5.32 Å². The van der Waals surface area contributed by atoms with Crippen molar-refractivity contribution < 1.29 is 14.1 Å². The van der Waals surface area contributed by atoms with E-state index in [4.69, 9.17) is 4.42 Å². The number of fused-ring (bicyclic) bond motifs is 1. The van der Waals surface area contributed by atoms with Gasteiger partial charge in [-0.05, 0) is 37.6 Å². The van der Waals surface area contributed by atoms with E-state index in [0.717, 1.165) is 37.3 Å². The fourth-order valence-corrected chi connectivity index (χ4v) is 4.86. The highest BCUT2D eigenvalue weighted by molar-refractivity contribution is 7.22. The van der Waals surface area contributed by atoms with Crippen LogP contribution in [0, 0.1) is 24.0 Å². The number of carbonyl (C=O) groups excluding carboxylic acids is 1. The first-order valence-corrected chi connectivity index (χ1v) is 9.59. The molecule has 0 bridgehead atoms. The summed E-state index contributed by atoms with van der Waals surface area (Å²) in [5, 5.41) is 15.0. The van der Waals surface area contributed by atoms with E-state index in [9.17, 15) is 14.9 Å². The van der Waals surface area contributed by atoms with Crippen LogP contribution in [0.4, 0.5) is 10.9 Å². The average Bonchev–Trinajstić information content (AvgIpc) is 3.33. The number of aryl methyl sites for hydroxylation is 1. The highest BCUT2D eigenvalue weighted by Crippen LogP contribution is 2.43. The summed E-state index contributed by atoms with van der Waals surface area (Å²) in [7, 11) is 0. The van der Waals surface area contributed by atoms with Crippen molar-refractivity contribution in [2.75, 3.05) is 5.32 Å². The lowest BCUT2D eigenvalue weighted by atomic mass is 10.1. The smallest absolute Gasteiger partial charge is 0.395 e. The third-order valence-corrected chi connectivity index (χ3v) is 6.29. The molecular weight excluding hydrogens is 386 g/mol. The molecule has 1 N–H and O–H groups in total. The SMILES string of the molecule is Cc1sc(NC(=O)c2ccc([N+](=O)[O-])o2)c(-c2nc3ccccc3s2)c1C. The number of benzene rings is 1. The Balaban J connectivity index is 1.72. The van der Waals surface area contributed by atoms with Crippen LogP contribution in [-0.2, 0) is 0 Å². The monoisotopic (exact) mass is 399 g/mol. The molecular formula is C18H13N3O4S2. The van der Waals surface area contributed by atoms with Gasteiger partial charge in [0.05, 0.1) is 16.3 Å². The summed E-state index contributed by atoms with van der Waals surface area (Å²) in [5.41, 5.74) is 2.81. The number of furan rings is 1. The van der Waals surface area contributed by atoms with Gasteiger partial charge < -0.3 is 9.73 Å². The minimum absolute atomic E-state index is 0.111. The zero-order chi connectivity index (χ0) is 19.1. The molecule has 4 aromatic rings. The molecule has 0 saturated heterocycles. The molecule has 136 valence electrons. The number of carbonyl (C=O) groups is 1. The number of hydrogen-bond acceptors (Lipinski definition) is 7. The molecule has 9 heteroatoms. The molecule has 0 radical (unpaired) electrons. The van der Waals surface area contributed by atoms with E-state index in [0.29, 0.717) is 5.00 Å². The highest BCUT2D eigenvalue weighted by atomic mass is 32.1. The van der Waals surface area contributed by atoms with Crippen LogP contribution in [0.2, 0.25) is 0 Å². The lowest BCUT2D eigenvalue weighted by Crippen LogP contribution is -2.10. The topological polar surface area (TPSA) is 98.3 Å². The fraction of sp³-hybridized carbons (Fsp3) is 0.111. The van der Waals surface area contributed by atoms with Crippen LogP contribution in [0.25, 0.3) is 20.8 Å². The quantitative estimate of drug-likeness (QED) is 0.366. The van der Waals surface area contributed by atoms with E-state index in [1.54, 1.807) is 11.3 Å². The van der Waals surface area contributed by atoms with Crippen molar-refractivity contribution in [3.05, 3.63) is 62.7 Å². The minimum atomic E-state index is -0.678. The zero-order valence-electron chi connectivity index (χ0n) is 14.3. The number of nitrogens with zero attached hydrogens (tertiary/aromatic N) is 2. The summed E-state index contributed by atoms with van der Waals surface area (Å²) >= 11 is 3.00. The maximum absolute atomic E-state index is 12.5. The lowest BCUT2D eigenvalue weighted by molar-refractivity contribution is -0.402. The number of rotatable bonds is 4. The van der Waals surface area contributed by atoms with Crippen molar-refractivity contribution in [1.29, 1.82) is 0 Å². The van der Waals surface area contributed by atoms with Crippen LogP contribution in [-0.4, -0.2) is 15.8 Å². The predicted octanol–water partition coefficient (Wildman–Crippen LogP) is 5.40. The van der Waals surface area contributed by atoms with E-state index < -0.39 is 16.7 Å². The zero-order valence-corrected chi connectivity index (χ0v) is 15.9. The van der Waals surface area contributed by atoms with Gasteiger partial charge in [-0.3, -0.25) is 14.9 Å². The number of nitro groups is 1. The molecule has 0 saturated carbocycles. The van der Waals surface area contributed by atoms with E-state index in [1.165, 1.54) is 17.4 Å². The average molecular weight is 399 g/mol. The van der Waals surface area contributed by atoms with E-state index >= 15 is 0 Å². The molecule has 1 aromatic carbocycles. The molecule has 3 heterocycles. The molecule has 0 fully saturated rings. The first-order valence-electron chi connectivity index (χ1n) is 7.95. The normalized spacial score (nSPS) is 11.0. The Labute approximate surface area is 161 Å². The van der Waals surface area contributed by atoms with E-state index in [2.05, 4.69) is 10.3 Å². The van der Waals surface area contributed by atoms with Crippen LogP contribution in [0.5, 0.6) is 0 Å². The summed E-state index contributed by atoms with van der Waals surface area (Å²) in [6, 6.07) is 10.3. The van der Waals surface area contributed by atoms with Gasteiger partial charge >= 0.3 is 5.88 Å². The molecule has 3 aromatic heterocycles. The van der Waals surface area contributed by atoms with Gasteiger partial charge in [-0.2, -0.15) is 0 Å². The number of thiophene rings is 1. The van der Waals surface area contributed by atoms with Crippen molar-refractivity contribution in [2.45, 2.75) is 13.8 Å².